The van der Waals surface area contributed by atoms with E-state index in [2.05, 4.69) is 28.8 Å². The molecule has 1 aliphatic carbocycles. The minimum Gasteiger partial charge on any atom is -0.496 e. The highest BCUT2D eigenvalue weighted by Crippen LogP contribution is 2.41. The summed E-state index contributed by atoms with van der Waals surface area (Å²) in [7, 11) is 3.42. The maximum absolute atomic E-state index is 5.61. The Morgan fingerprint density at radius 2 is 1.68 bits per heavy atom. The first-order valence-electron chi connectivity index (χ1n) is 9.48. The summed E-state index contributed by atoms with van der Waals surface area (Å²) in [5.74, 6) is 1.75. The van der Waals surface area contributed by atoms with E-state index in [1.54, 1.807) is 14.2 Å². The first-order chi connectivity index (χ1) is 13.7. The second-order valence-electron chi connectivity index (χ2n) is 6.94. The molecule has 4 nitrogen and oxygen atoms in total. The molecule has 0 spiro atoms. The molecule has 0 unspecified atom stereocenters. The highest BCUT2D eigenvalue weighted by Gasteiger charge is 2.31. The van der Waals surface area contributed by atoms with Crippen molar-refractivity contribution in [2.24, 2.45) is 0 Å². The maximum atomic E-state index is 5.61. The Labute approximate surface area is 171 Å². The molecule has 28 heavy (non-hydrogen) atoms. The lowest BCUT2D eigenvalue weighted by Gasteiger charge is -2.36. The van der Waals surface area contributed by atoms with Crippen LogP contribution in [0.3, 0.4) is 0 Å². The van der Waals surface area contributed by atoms with Crippen LogP contribution in [0.2, 0.25) is 0 Å². The van der Waals surface area contributed by atoms with E-state index in [1.165, 1.54) is 11.1 Å². The number of benzene rings is 2. The molecule has 5 heteroatoms. The van der Waals surface area contributed by atoms with Crippen LogP contribution in [0.15, 0.2) is 65.4 Å². The van der Waals surface area contributed by atoms with Crippen molar-refractivity contribution in [1.82, 2.24) is 10.6 Å². The van der Waals surface area contributed by atoms with Crippen LogP contribution in [0, 0.1) is 0 Å². The fourth-order valence-electron chi connectivity index (χ4n) is 4.03. The first kappa shape index (κ1) is 18.6. The van der Waals surface area contributed by atoms with Gasteiger partial charge in [0, 0.05) is 16.8 Å². The monoisotopic (exact) mass is 392 g/mol. The molecule has 2 aliphatic rings. The van der Waals surface area contributed by atoms with Gasteiger partial charge in [-0.1, -0.05) is 36.4 Å². The molecule has 4 rings (SSSR count). The average Bonchev–Trinajstić information content (AvgIpc) is 2.74. The standard InChI is InChI=1S/C23H24N2O2S/c1-26-19-12-5-3-8-15(19)14-16-9-7-11-18-21(16)24-23(28)25-22(18)17-10-4-6-13-20(17)27-2/h3-6,8,10,12-14,22H,7,9,11H2,1-2H3,(H2,24,25,28)/b16-14+/t22-/m1/s1. The van der Waals surface area contributed by atoms with Crippen molar-refractivity contribution in [2.75, 3.05) is 14.2 Å². The van der Waals surface area contributed by atoms with E-state index in [4.69, 9.17) is 21.7 Å². The van der Waals surface area contributed by atoms with Crippen LogP contribution in [0.1, 0.15) is 36.4 Å². The molecule has 1 atom stereocenters. The minimum absolute atomic E-state index is 0.0151. The molecule has 2 N–H and O–H groups in total. The second kappa shape index (κ2) is 8.07. The molecule has 1 heterocycles. The Hall–Kier alpha value is -2.79. The smallest absolute Gasteiger partial charge is 0.171 e. The number of rotatable bonds is 4. The van der Waals surface area contributed by atoms with Gasteiger partial charge >= 0.3 is 0 Å². The molecule has 0 bridgehead atoms. The van der Waals surface area contributed by atoms with Crippen LogP contribution in [0.5, 0.6) is 11.5 Å². The van der Waals surface area contributed by atoms with Gasteiger partial charge in [-0.3, -0.25) is 0 Å². The molecule has 2 aromatic rings. The largest absolute Gasteiger partial charge is 0.496 e. The third-order valence-electron chi connectivity index (χ3n) is 5.32. The van der Waals surface area contributed by atoms with Gasteiger partial charge in [0.2, 0.25) is 0 Å². The maximum Gasteiger partial charge on any atom is 0.171 e. The summed E-state index contributed by atoms with van der Waals surface area (Å²) in [6.45, 7) is 0. The van der Waals surface area contributed by atoms with Gasteiger partial charge in [-0.05, 0) is 60.8 Å². The molecular formula is C23H24N2O2S. The van der Waals surface area contributed by atoms with Crippen LogP contribution < -0.4 is 20.1 Å². The molecule has 0 radical (unpaired) electrons. The minimum atomic E-state index is 0.0151. The summed E-state index contributed by atoms with van der Waals surface area (Å²) >= 11 is 5.55. The van der Waals surface area contributed by atoms with Gasteiger partial charge in [0.15, 0.2) is 5.11 Å². The normalized spacial score (nSPS) is 20.3. The van der Waals surface area contributed by atoms with Gasteiger partial charge in [-0.15, -0.1) is 0 Å². The van der Waals surface area contributed by atoms with E-state index < -0.39 is 0 Å². The zero-order valence-corrected chi connectivity index (χ0v) is 16.9. The number of hydrogen-bond acceptors (Lipinski definition) is 3. The Bertz CT molecular complexity index is 965. The van der Waals surface area contributed by atoms with Gasteiger partial charge in [-0.25, -0.2) is 0 Å². The summed E-state index contributed by atoms with van der Waals surface area (Å²) in [5.41, 5.74) is 5.91. The molecule has 144 valence electrons. The third-order valence-corrected chi connectivity index (χ3v) is 5.54. The number of nitrogens with one attached hydrogen (secondary N) is 2. The average molecular weight is 393 g/mol. The summed E-state index contributed by atoms with van der Waals surface area (Å²) in [6.07, 6.45) is 5.34. The number of para-hydroxylation sites is 2. The van der Waals surface area contributed by atoms with Gasteiger partial charge in [0.25, 0.3) is 0 Å². The van der Waals surface area contributed by atoms with Gasteiger partial charge in [0.1, 0.15) is 11.5 Å². The quantitative estimate of drug-likeness (QED) is 0.736. The highest BCUT2D eigenvalue weighted by molar-refractivity contribution is 7.80. The number of ether oxygens (including phenoxy) is 2. The van der Waals surface area contributed by atoms with E-state index in [1.807, 2.05) is 36.4 Å². The van der Waals surface area contributed by atoms with Crippen LogP contribution in [0.4, 0.5) is 0 Å². The van der Waals surface area contributed by atoms with Crippen molar-refractivity contribution in [3.63, 3.8) is 0 Å². The SMILES string of the molecule is COc1ccccc1/C=C1\CCCC2=C1NC(=S)N[C@@H]2c1ccccc1OC. The Morgan fingerprint density at radius 3 is 2.46 bits per heavy atom. The van der Waals surface area contributed by atoms with Gasteiger partial charge in [0.05, 0.1) is 20.3 Å². The Morgan fingerprint density at radius 1 is 0.964 bits per heavy atom. The van der Waals surface area contributed by atoms with E-state index in [9.17, 15) is 0 Å². The first-order valence-corrected chi connectivity index (χ1v) is 9.89. The zero-order valence-electron chi connectivity index (χ0n) is 16.1. The number of methoxy groups -OCH3 is 2. The third kappa shape index (κ3) is 3.50. The molecule has 0 fully saturated rings. The van der Waals surface area contributed by atoms with E-state index >= 15 is 0 Å². The Kier molecular flexibility index (Phi) is 5.35. The molecular weight excluding hydrogens is 368 g/mol. The predicted molar refractivity (Wildman–Crippen MR) is 116 cm³/mol. The fourth-order valence-corrected chi connectivity index (χ4v) is 4.25. The van der Waals surface area contributed by atoms with Gasteiger partial charge < -0.3 is 20.1 Å². The number of thiocarbonyl (C=S) groups is 1. The van der Waals surface area contributed by atoms with Crippen molar-refractivity contribution >= 4 is 23.4 Å². The van der Waals surface area contributed by atoms with E-state index in [0.29, 0.717) is 5.11 Å². The molecule has 0 amide bonds. The van der Waals surface area contributed by atoms with Crippen LogP contribution in [-0.4, -0.2) is 19.3 Å². The summed E-state index contributed by atoms with van der Waals surface area (Å²) in [4.78, 5) is 0. The predicted octanol–water partition coefficient (Wildman–Crippen LogP) is 4.74. The van der Waals surface area contributed by atoms with E-state index in [0.717, 1.165) is 47.6 Å². The molecule has 0 saturated heterocycles. The van der Waals surface area contributed by atoms with Crippen molar-refractivity contribution in [3.05, 3.63) is 76.5 Å². The van der Waals surface area contributed by atoms with Crippen LogP contribution in [0.25, 0.3) is 6.08 Å². The topological polar surface area (TPSA) is 42.5 Å². The molecule has 0 aromatic heterocycles. The Balaban J connectivity index is 1.81. The van der Waals surface area contributed by atoms with Crippen molar-refractivity contribution in [3.8, 4) is 11.5 Å². The molecule has 0 saturated carbocycles. The highest BCUT2D eigenvalue weighted by atomic mass is 32.1. The lowest BCUT2D eigenvalue weighted by Crippen LogP contribution is -2.45. The number of hydrogen-bond donors (Lipinski definition) is 2. The zero-order chi connectivity index (χ0) is 19.5. The van der Waals surface area contributed by atoms with Gasteiger partial charge in [-0.2, -0.15) is 0 Å². The molecule has 1 aliphatic heterocycles. The number of allylic oxidation sites excluding steroid dienone is 1. The lowest BCUT2D eigenvalue weighted by molar-refractivity contribution is 0.404. The second-order valence-corrected chi connectivity index (χ2v) is 7.35. The van der Waals surface area contributed by atoms with Crippen LogP contribution in [-0.2, 0) is 0 Å². The summed E-state index contributed by atoms with van der Waals surface area (Å²) < 4.78 is 11.1. The van der Waals surface area contributed by atoms with Crippen LogP contribution >= 0.6 is 12.2 Å². The lowest BCUT2D eigenvalue weighted by atomic mass is 9.83. The summed E-state index contributed by atoms with van der Waals surface area (Å²) in [6, 6.07) is 16.2. The summed E-state index contributed by atoms with van der Waals surface area (Å²) in [5, 5.41) is 7.50. The van der Waals surface area contributed by atoms with Crippen molar-refractivity contribution < 1.29 is 9.47 Å². The molecule has 2 aromatic carbocycles. The van der Waals surface area contributed by atoms with Crippen molar-refractivity contribution in [1.29, 1.82) is 0 Å². The fraction of sp³-hybridized carbons (Fsp3) is 0.261. The van der Waals surface area contributed by atoms with E-state index in [-0.39, 0.29) is 6.04 Å². The van der Waals surface area contributed by atoms with Crippen molar-refractivity contribution in [2.45, 2.75) is 25.3 Å².